The van der Waals surface area contributed by atoms with Crippen LogP contribution < -0.4 is 5.32 Å². The maximum absolute atomic E-state index is 11.6. The Kier molecular flexibility index (Phi) is 5.72. The first-order valence-electron chi connectivity index (χ1n) is 6.20. The molecular weight excluding hydrogens is 224 g/mol. The van der Waals surface area contributed by atoms with E-state index in [1.807, 2.05) is 6.92 Å². The van der Waals surface area contributed by atoms with Crippen molar-refractivity contribution in [3.05, 3.63) is 0 Å². The molecule has 5 heteroatoms. The maximum atomic E-state index is 11.6. The molecule has 1 fully saturated rings. The lowest BCUT2D eigenvalue weighted by atomic mass is 10.2. The van der Waals surface area contributed by atoms with Gasteiger partial charge in [0.05, 0.1) is 5.75 Å². The van der Waals surface area contributed by atoms with Gasteiger partial charge in [-0.15, -0.1) is 0 Å². The summed E-state index contributed by atoms with van der Waals surface area (Å²) in [6.07, 6.45) is 1.83. The van der Waals surface area contributed by atoms with Crippen molar-refractivity contribution in [1.82, 2.24) is 10.2 Å². The summed E-state index contributed by atoms with van der Waals surface area (Å²) < 4.78 is 23.2. The Bertz CT molecular complexity index is 290. The van der Waals surface area contributed by atoms with Gasteiger partial charge in [0, 0.05) is 31.4 Å². The van der Waals surface area contributed by atoms with E-state index in [-0.39, 0.29) is 0 Å². The standard InChI is InChI=1S/C11H24N2O2S/c1-3-9-16(14,15)10-8-13-7-6-12-5-4-11(13)2/h11-12H,3-10H2,1-2H3. The van der Waals surface area contributed by atoms with E-state index in [4.69, 9.17) is 0 Å². The van der Waals surface area contributed by atoms with E-state index >= 15 is 0 Å². The molecule has 1 saturated heterocycles. The highest BCUT2D eigenvalue weighted by atomic mass is 32.2. The predicted octanol–water partition coefficient (Wildman–Crippen LogP) is 0.495. The van der Waals surface area contributed by atoms with Crippen LogP contribution in [0.25, 0.3) is 0 Å². The summed E-state index contributed by atoms with van der Waals surface area (Å²) in [5.74, 6) is 0.638. The van der Waals surface area contributed by atoms with Crippen LogP contribution in [0.2, 0.25) is 0 Å². The molecular formula is C11H24N2O2S. The van der Waals surface area contributed by atoms with Crippen LogP contribution in [-0.2, 0) is 9.84 Å². The van der Waals surface area contributed by atoms with Crippen molar-refractivity contribution in [2.45, 2.75) is 32.7 Å². The molecule has 0 saturated carbocycles. The largest absolute Gasteiger partial charge is 0.315 e. The number of hydrogen-bond acceptors (Lipinski definition) is 4. The van der Waals surface area contributed by atoms with E-state index in [1.54, 1.807) is 0 Å². The fourth-order valence-corrected chi connectivity index (χ4v) is 3.40. The highest BCUT2D eigenvalue weighted by molar-refractivity contribution is 7.91. The molecule has 1 heterocycles. The minimum absolute atomic E-state index is 0.311. The molecule has 1 aliphatic heterocycles. The zero-order chi connectivity index (χ0) is 12.0. The van der Waals surface area contributed by atoms with Crippen molar-refractivity contribution in [3.8, 4) is 0 Å². The molecule has 0 aromatic heterocycles. The average Bonchev–Trinajstić information content (AvgIpc) is 2.40. The summed E-state index contributed by atoms with van der Waals surface area (Å²) in [7, 11) is -2.83. The van der Waals surface area contributed by atoms with Gasteiger partial charge in [-0.3, -0.25) is 4.90 Å². The molecule has 0 radical (unpaired) electrons. The van der Waals surface area contributed by atoms with Crippen LogP contribution in [0.5, 0.6) is 0 Å². The van der Waals surface area contributed by atoms with Crippen molar-refractivity contribution in [2.75, 3.05) is 37.7 Å². The molecule has 0 bridgehead atoms. The highest BCUT2D eigenvalue weighted by Crippen LogP contribution is 2.06. The molecule has 0 spiro atoms. The first-order chi connectivity index (χ1) is 7.55. The number of nitrogens with one attached hydrogen (secondary N) is 1. The van der Waals surface area contributed by atoms with E-state index in [2.05, 4.69) is 17.1 Å². The second kappa shape index (κ2) is 6.57. The van der Waals surface area contributed by atoms with Gasteiger partial charge in [0.2, 0.25) is 0 Å². The molecule has 0 amide bonds. The molecule has 1 rings (SSSR count). The lowest BCUT2D eigenvalue weighted by Gasteiger charge is -2.26. The second-order valence-electron chi connectivity index (χ2n) is 4.58. The summed E-state index contributed by atoms with van der Waals surface area (Å²) in [5.41, 5.74) is 0. The average molecular weight is 248 g/mol. The van der Waals surface area contributed by atoms with Crippen molar-refractivity contribution < 1.29 is 8.42 Å². The Morgan fingerprint density at radius 3 is 2.75 bits per heavy atom. The van der Waals surface area contributed by atoms with Gasteiger partial charge in [0.25, 0.3) is 0 Å². The first kappa shape index (κ1) is 13.9. The fraction of sp³-hybridized carbons (Fsp3) is 1.00. The molecule has 96 valence electrons. The van der Waals surface area contributed by atoms with Gasteiger partial charge < -0.3 is 5.32 Å². The fourth-order valence-electron chi connectivity index (χ4n) is 2.06. The smallest absolute Gasteiger partial charge is 0.151 e. The topological polar surface area (TPSA) is 49.4 Å². The van der Waals surface area contributed by atoms with Gasteiger partial charge in [-0.05, 0) is 26.3 Å². The summed E-state index contributed by atoms with van der Waals surface area (Å²) in [5, 5.41) is 3.34. The van der Waals surface area contributed by atoms with Crippen LogP contribution in [0.3, 0.4) is 0 Å². The molecule has 1 aliphatic rings. The van der Waals surface area contributed by atoms with Gasteiger partial charge >= 0.3 is 0 Å². The zero-order valence-electron chi connectivity index (χ0n) is 10.4. The predicted molar refractivity (Wildman–Crippen MR) is 67.5 cm³/mol. The third kappa shape index (κ3) is 4.80. The quantitative estimate of drug-likeness (QED) is 0.769. The van der Waals surface area contributed by atoms with Crippen LogP contribution in [0.1, 0.15) is 26.7 Å². The third-order valence-corrected chi connectivity index (χ3v) is 4.98. The van der Waals surface area contributed by atoms with E-state index in [0.29, 0.717) is 24.1 Å². The second-order valence-corrected chi connectivity index (χ2v) is 6.88. The molecule has 1 unspecified atom stereocenters. The van der Waals surface area contributed by atoms with Crippen molar-refractivity contribution in [2.24, 2.45) is 0 Å². The van der Waals surface area contributed by atoms with Crippen molar-refractivity contribution in [1.29, 1.82) is 0 Å². The van der Waals surface area contributed by atoms with Gasteiger partial charge in [0.1, 0.15) is 0 Å². The van der Waals surface area contributed by atoms with Crippen LogP contribution >= 0.6 is 0 Å². The molecule has 1 N–H and O–H groups in total. The lowest BCUT2D eigenvalue weighted by Crippen LogP contribution is -2.38. The van der Waals surface area contributed by atoms with E-state index < -0.39 is 9.84 Å². The zero-order valence-corrected chi connectivity index (χ0v) is 11.2. The Morgan fingerprint density at radius 2 is 2.06 bits per heavy atom. The number of nitrogens with zero attached hydrogens (tertiary/aromatic N) is 1. The number of sulfone groups is 1. The molecule has 0 aromatic carbocycles. The van der Waals surface area contributed by atoms with Gasteiger partial charge in [0.15, 0.2) is 9.84 Å². The van der Waals surface area contributed by atoms with Crippen LogP contribution in [0, 0.1) is 0 Å². The Hall–Kier alpha value is -0.130. The maximum Gasteiger partial charge on any atom is 0.151 e. The molecule has 0 aliphatic carbocycles. The summed E-state index contributed by atoms with van der Waals surface area (Å²) in [4.78, 5) is 2.28. The minimum Gasteiger partial charge on any atom is -0.315 e. The van der Waals surface area contributed by atoms with Gasteiger partial charge in [-0.2, -0.15) is 0 Å². The SMILES string of the molecule is CCCS(=O)(=O)CCN1CCNCCC1C. The first-order valence-corrected chi connectivity index (χ1v) is 8.02. The molecule has 1 atom stereocenters. The summed E-state index contributed by atoms with van der Waals surface area (Å²) in [6, 6.07) is 0.492. The molecule has 16 heavy (non-hydrogen) atoms. The Morgan fingerprint density at radius 1 is 1.31 bits per heavy atom. The summed E-state index contributed by atoms with van der Waals surface area (Å²) in [6.45, 7) is 7.75. The molecule has 0 aromatic rings. The van der Waals surface area contributed by atoms with Crippen molar-refractivity contribution in [3.63, 3.8) is 0 Å². The van der Waals surface area contributed by atoms with Crippen LogP contribution in [0.4, 0.5) is 0 Å². The van der Waals surface area contributed by atoms with E-state index in [1.165, 1.54) is 0 Å². The monoisotopic (exact) mass is 248 g/mol. The Balaban J connectivity index is 2.40. The van der Waals surface area contributed by atoms with Crippen LogP contribution in [0.15, 0.2) is 0 Å². The Labute approximate surface area is 99.3 Å². The van der Waals surface area contributed by atoms with E-state index in [0.717, 1.165) is 32.5 Å². The summed E-state index contributed by atoms with van der Waals surface area (Å²) >= 11 is 0. The number of hydrogen-bond donors (Lipinski definition) is 1. The normalized spacial score (nSPS) is 24.2. The van der Waals surface area contributed by atoms with Crippen molar-refractivity contribution >= 4 is 9.84 Å². The minimum atomic E-state index is -2.83. The number of rotatable bonds is 5. The van der Waals surface area contributed by atoms with E-state index in [9.17, 15) is 8.42 Å². The molecule has 4 nitrogen and oxygen atoms in total. The van der Waals surface area contributed by atoms with Crippen LogP contribution in [-0.4, -0.2) is 57.0 Å². The highest BCUT2D eigenvalue weighted by Gasteiger charge is 2.18. The lowest BCUT2D eigenvalue weighted by molar-refractivity contribution is 0.233. The third-order valence-electron chi connectivity index (χ3n) is 3.14. The van der Waals surface area contributed by atoms with Gasteiger partial charge in [-0.25, -0.2) is 8.42 Å². The van der Waals surface area contributed by atoms with Gasteiger partial charge in [-0.1, -0.05) is 6.92 Å².